The van der Waals surface area contributed by atoms with E-state index < -0.39 is 0 Å². The van der Waals surface area contributed by atoms with E-state index in [0.717, 1.165) is 34.2 Å². The van der Waals surface area contributed by atoms with Gasteiger partial charge >= 0.3 is 0 Å². The summed E-state index contributed by atoms with van der Waals surface area (Å²) in [5.41, 5.74) is 3.83. The van der Waals surface area contributed by atoms with E-state index in [1.54, 1.807) is 4.90 Å². The van der Waals surface area contributed by atoms with Crippen molar-refractivity contribution in [1.82, 2.24) is 14.9 Å². The number of rotatable bonds is 6. The maximum Gasteiger partial charge on any atom is 0.131 e. The van der Waals surface area contributed by atoms with Crippen LogP contribution in [0.1, 0.15) is 22.6 Å². The molecule has 0 bridgehead atoms. The highest BCUT2D eigenvalue weighted by molar-refractivity contribution is 5.64. The van der Waals surface area contributed by atoms with Crippen LogP contribution in [0, 0.1) is 20.8 Å². The standard InChI is InChI=1S/C17H22N4O/c1-12-7-5-6-8-16(12)14(3)21(11-22)10-18-17-9-13(2)19-15(4)20-17/h5-9,22H,3,10-11H2,1-2,4H3,(H,18,19,20). The molecule has 0 aliphatic rings. The Morgan fingerprint density at radius 3 is 2.59 bits per heavy atom. The zero-order valence-corrected chi connectivity index (χ0v) is 13.3. The first-order valence-electron chi connectivity index (χ1n) is 7.18. The van der Waals surface area contributed by atoms with Crippen molar-refractivity contribution in [2.45, 2.75) is 20.8 Å². The van der Waals surface area contributed by atoms with Gasteiger partial charge in [-0.25, -0.2) is 9.97 Å². The second kappa shape index (κ2) is 7.04. The summed E-state index contributed by atoms with van der Waals surface area (Å²) in [6, 6.07) is 9.85. The number of nitrogens with zero attached hydrogens (tertiary/aromatic N) is 3. The van der Waals surface area contributed by atoms with Crippen LogP contribution in [0.15, 0.2) is 36.9 Å². The molecule has 2 aromatic rings. The molecule has 2 rings (SSSR count). The molecule has 1 aromatic carbocycles. The highest BCUT2D eigenvalue weighted by Crippen LogP contribution is 2.20. The summed E-state index contributed by atoms with van der Waals surface area (Å²) in [7, 11) is 0. The second-order valence-corrected chi connectivity index (χ2v) is 5.22. The van der Waals surface area contributed by atoms with Crippen LogP contribution in [0.5, 0.6) is 0 Å². The van der Waals surface area contributed by atoms with Gasteiger partial charge in [0.15, 0.2) is 0 Å². The fraction of sp³-hybridized carbons (Fsp3) is 0.294. The highest BCUT2D eigenvalue weighted by Gasteiger charge is 2.10. The number of aryl methyl sites for hydroxylation is 3. The van der Waals surface area contributed by atoms with E-state index in [1.807, 2.05) is 51.1 Å². The van der Waals surface area contributed by atoms with Crippen LogP contribution in [0.4, 0.5) is 5.82 Å². The van der Waals surface area contributed by atoms with Crippen molar-refractivity contribution >= 4 is 11.5 Å². The first kappa shape index (κ1) is 16.0. The van der Waals surface area contributed by atoms with Crippen molar-refractivity contribution in [3.8, 4) is 0 Å². The van der Waals surface area contributed by atoms with Gasteiger partial charge in [0.25, 0.3) is 0 Å². The number of aromatic nitrogens is 2. The Bertz CT molecular complexity index is 649. The van der Waals surface area contributed by atoms with Gasteiger partial charge in [-0.2, -0.15) is 0 Å². The smallest absolute Gasteiger partial charge is 0.131 e. The Hall–Kier alpha value is -2.40. The number of hydrogen-bond acceptors (Lipinski definition) is 5. The molecule has 22 heavy (non-hydrogen) atoms. The molecule has 0 spiro atoms. The van der Waals surface area contributed by atoms with Gasteiger partial charge in [0.2, 0.25) is 0 Å². The van der Waals surface area contributed by atoms with E-state index in [1.165, 1.54) is 0 Å². The van der Waals surface area contributed by atoms with Crippen molar-refractivity contribution in [2.75, 3.05) is 18.7 Å². The van der Waals surface area contributed by atoms with Crippen molar-refractivity contribution < 1.29 is 5.11 Å². The maximum absolute atomic E-state index is 9.63. The van der Waals surface area contributed by atoms with Gasteiger partial charge < -0.3 is 15.3 Å². The van der Waals surface area contributed by atoms with Crippen molar-refractivity contribution in [3.63, 3.8) is 0 Å². The molecule has 0 radical (unpaired) electrons. The van der Waals surface area contributed by atoms with E-state index in [9.17, 15) is 5.11 Å². The number of aliphatic hydroxyl groups excluding tert-OH is 1. The predicted octanol–water partition coefficient (Wildman–Crippen LogP) is 2.69. The Morgan fingerprint density at radius 2 is 1.95 bits per heavy atom. The SMILES string of the molecule is C=C(c1ccccc1C)N(CO)CNc1cc(C)nc(C)n1. The number of anilines is 1. The van der Waals surface area contributed by atoms with E-state index in [0.29, 0.717) is 6.67 Å². The van der Waals surface area contributed by atoms with Crippen molar-refractivity contribution in [3.05, 3.63) is 59.6 Å². The lowest BCUT2D eigenvalue weighted by Gasteiger charge is -2.26. The fourth-order valence-electron chi connectivity index (χ4n) is 2.28. The van der Waals surface area contributed by atoms with Crippen LogP contribution in [-0.4, -0.2) is 33.4 Å². The van der Waals surface area contributed by atoms with E-state index in [2.05, 4.69) is 21.9 Å². The molecule has 1 aromatic heterocycles. The molecular weight excluding hydrogens is 276 g/mol. The molecule has 0 fully saturated rings. The molecule has 0 amide bonds. The van der Waals surface area contributed by atoms with Crippen LogP contribution in [-0.2, 0) is 0 Å². The van der Waals surface area contributed by atoms with Crippen LogP contribution in [0.2, 0.25) is 0 Å². The summed E-state index contributed by atoms with van der Waals surface area (Å²) in [4.78, 5) is 10.3. The molecule has 0 atom stereocenters. The average Bonchev–Trinajstić information content (AvgIpc) is 2.47. The molecular formula is C17H22N4O. The summed E-state index contributed by atoms with van der Waals surface area (Å²) >= 11 is 0. The Labute approximate surface area is 131 Å². The number of benzene rings is 1. The summed E-state index contributed by atoms with van der Waals surface area (Å²) < 4.78 is 0. The van der Waals surface area contributed by atoms with Gasteiger partial charge in [0, 0.05) is 23.0 Å². The third kappa shape index (κ3) is 3.83. The number of aliphatic hydroxyl groups is 1. The van der Waals surface area contributed by atoms with Gasteiger partial charge in [-0.15, -0.1) is 0 Å². The molecule has 0 aliphatic carbocycles. The molecule has 0 aliphatic heterocycles. The van der Waals surface area contributed by atoms with Crippen LogP contribution < -0.4 is 5.32 Å². The molecule has 2 N–H and O–H groups in total. The lowest BCUT2D eigenvalue weighted by Crippen LogP contribution is -2.29. The molecule has 5 heteroatoms. The zero-order valence-electron chi connectivity index (χ0n) is 13.3. The second-order valence-electron chi connectivity index (χ2n) is 5.22. The van der Waals surface area contributed by atoms with Gasteiger partial charge in [0.05, 0.1) is 6.67 Å². The average molecular weight is 298 g/mol. The third-order valence-corrected chi connectivity index (χ3v) is 3.43. The Morgan fingerprint density at radius 1 is 1.23 bits per heavy atom. The molecule has 0 unspecified atom stereocenters. The minimum atomic E-state index is -0.122. The first-order valence-corrected chi connectivity index (χ1v) is 7.18. The number of nitrogens with one attached hydrogen (secondary N) is 1. The van der Waals surface area contributed by atoms with Crippen molar-refractivity contribution in [1.29, 1.82) is 0 Å². The molecule has 5 nitrogen and oxygen atoms in total. The first-order chi connectivity index (χ1) is 10.5. The van der Waals surface area contributed by atoms with Gasteiger partial charge in [-0.05, 0) is 26.3 Å². The van der Waals surface area contributed by atoms with Crippen LogP contribution in [0.3, 0.4) is 0 Å². The van der Waals surface area contributed by atoms with Crippen molar-refractivity contribution in [2.24, 2.45) is 0 Å². The number of hydrogen-bond donors (Lipinski definition) is 2. The molecule has 116 valence electrons. The Kier molecular flexibility index (Phi) is 5.12. The van der Waals surface area contributed by atoms with Crippen LogP contribution >= 0.6 is 0 Å². The highest BCUT2D eigenvalue weighted by atomic mass is 16.3. The third-order valence-electron chi connectivity index (χ3n) is 3.43. The summed E-state index contributed by atoms with van der Waals surface area (Å²) in [5.74, 6) is 1.46. The van der Waals surface area contributed by atoms with Gasteiger partial charge in [0.1, 0.15) is 18.4 Å². The molecule has 0 saturated carbocycles. The summed E-state index contributed by atoms with van der Waals surface area (Å²) in [5, 5.41) is 12.8. The minimum absolute atomic E-state index is 0.122. The largest absolute Gasteiger partial charge is 0.376 e. The van der Waals surface area contributed by atoms with Gasteiger partial charge in [-0.3, -0.25) is 0 Å². The van der Waals surface area contributed by atoms with Gasteiger partial charge in [-0.1, -0.05) is 30.8 Å². The summed E-state index contributed by atoms with van der Waals surface area (Å²) in [6.07, 6.45) is 0. The lowest BCUT2D eigenvalue weighted by atomic mass is 10.1. The monoisotopic (exact) mass is 298 g/mol. The zero-order chi connectivity index (χ0) is 16.1. The lowest BCUT2D eigenvalue weighted by molar-refractivity contribution is 0.168. The quantitative estimate of drug-likeness (QED) is 0.803. The van der Waals surface area contributed by atoms with E-state index >= 15 is 0 Å². The van der Waals surface area contributed by atoms with E-state index in [4.69, 9.17) is 0 Å². The van der Waals surface area contributed by atoms with E-state index in [-0.39, 0.29) is 6.73 Å². The maximum atomic E-state index is 9.63. The molecule has 0 saturated heterocycles. The normalized spacial score (nSPS) is 10.4. The van der Waals surface area contributed by atoms with Crippen LogP contribution in [0.25, 0.3) is 5.70 Å². The summed E-state index contributed by atoms with van der Waals surface area (Å²) in [6.45, 7) is 10.2. The predicted molar refractivity (Wildman–Crippen MR) is 89.1 cm³/mol. The fourth-order valence-corrected chi connectivity index (χ4v) is 2.28. The Balaban J connectivity index is 2.09. The topological polar surface area (TPSA) is 61.3 Å². The minimum Gasteiger partial charge on any atom is -0.376 e. The molecule has 1 heterocycles.